The first-order chi connectivity index (χ1) is 15.1. The first-order valence-corrected chi connectivity index (χ1v) is 10.4. The molecule has 1 heterocycles. The standard InChI is InChI=1S/C25H29N3O3/c26-23(15-20-10-5-2-6-11-20)24(29)16-22(14-19-8-3-1-4-9-19)28-25(30)31-18-21-12-7-13-27-17-21/h1-13,17,22-24,29H,14-16,18,26H2,(H,28,30)/t22-,23-,24-/m0/s1. The van der Waals surface area contributed by atoms with Gasteiger partial charge in [-0.25, -0.2) is 4.79 Å². The molecule has 3 atom stereocenters. The highest BCUT2D eigenvalue weighted by Gasteiger charge is 2.23. The summed E-state index contributed by atoms with van der Waals surface area (Å²) in [4.78, 5) is 16.4. The zero-order chi connectivity index (χ0) is 21.9. The Bertz CT molecular complexity index is 907. The van der Waals surface area contributed by atoms with Gasteiger partial charge in [-0.1, -0.05) is 66.7 Å². The Kier molecular flexibility index (Phi) is 8.58. The van der Waals surface area contributed by atoms with E-state index in [9.17, 15) is 9.90 Å². The lowest BCUT2D eigenvalue weighted by Crippen LogP contribution is -2.44. The fourth-order valence-corrected chi connectivity index (χ4v) is 3.42. The minimum Gasteiger partial charge on any atom is -0.445 e. The number of ether oxygens (including phenoxy) is 1. The molecule has 6 heteroatoms. The largest absolute Gasteiger partial charge is 0.445 e. The molecule has 0 saturated carbocycles. The highest BCUT2D eigenvalue weighted by atomic mass is 16.5. The number of carbonyl (C=O) groups is 1. The van der Waals surface area contributed by atoms with Crippen molar-refractivity contribution in [1.82, 2.24) is 10.3 Å². The van der Waals surface area contributed by atoms with Gasteiger partial charge in [0.05, 0.1) is 6.10 Å². The van der Waals surface area contributed by atoms with Gasteiger partial charge in [-0.15, -0.1) is 0 Å². The average molecular weight is 420 g/mol. The summed E-state index contributed by atoms with van der Waals surface area (Å²) < 4.78 is 5.33. The van der Waals surface area contributed by atoms with E-state index in [-0.39, 0.29) is 12.6 Å². The quantitative estimate of drug-likeness (QED) is 0.469. The molecule has 0 aliphatic heterocycles. The van der Waals surface area contributed by atoms with Gasteiger partial charge in [0.25, 0.3) is 0 Å². The summed E-state index contributed by atoms with van der Waals surface area (Å²) in [5.74, 6) is 0. The molecule has 1 amide bonds. The van der Waals surface area contributed by atoms with Crippen LogP contribution in [0.15, 0.2) is 85.2 Å². The van der Waals surface area contributed by atoms with Gasteiger partial charge < -0.3 is 20.9 Å². The van der Waals surface area contributed by atoms with E-state index in [2.05, 4.69) is 10.3 Å². The lowest BCUT2D eigenvalue weighted by Gasteiger charge is -2.25. The number of pyridine rings is 1. The van der Waals surface area contributed by atoms with Crippen LogP contribution in [0.1, 0.15) is 23.1 Å². The molecule has 0 unspecified atom stereocenters. The Balaban J connectivity index is 1.59. The van der Waals surface area contributed by atoms with E-state index in [0.717, 1.165) is 16.7 Å². The molecule has 4 N–H and O–H groups in total. The summed E-state index contributed by atoms with van der Waals surface area (Å²) in [7, 11) is 0. The normalized spacial score (nSPS) is 13.7. The molecule has 0 aliphatic carbocycles. The lowest BCUT2D eigenvalue weighted by atomic mass is 9.94. The zero-order valence-corrected chi connectivity index (χ0v) is 17.4. The van der Waals surface area contributed by atoms with Crippen molar-refractivity contribution in [1.29, 1.82) is 0 Å². The molecule has 3 rings (SSSR count). The highest BCUT2D eigenvalue weighted by Crippen LogP contribution is 2.13. The maximum atomic E-state index is 12.4. The summed E-state index contributed by atoms with van der Waals surface area (Å²) >= 11 is 0. The second-order valence-electron chi connectivity index (χ2n) is 7.63. The summed E-state index contributed by atoms with van der Waals surface area (Å²) in [6.45, 7) is 0.133. The van der Waals surface area contributed by atoms with Crippen LogP contribution in [-0.2, 0) is 24.2 Å². The minimum absolute atomic E-state index is 0.133. The molecule has 3 aromatic rings. The Labute approximate surface area is 183 Å². The fraction of sp³-hybridized carbons (Fsp3) is 0.280. The van der Waals surface area contributed by atoms with E-state index in [1.807, 2.05) is 66.7 Å². The molecule has 0 fully saturated rings. The van der Waals surface area contributed by atoms with Gasteiger partial charge in [-0.2, -0.15) is 0 Å². The van der Waals surface area contributed by atoms with Crippen LogP contribution >= 0.6 is 0 Å². The average Bonchev–Trinajstić information content (AvgIpc) is 2.79. The van der Waals surface area contributed by atoms with E-state index in [4.69, 9.17) is 10.5 Å². The van der Waals surface area contributed by atoms with Gasteiger partial charge >= 0.3 is 6.09 Å². The van der Waals surface area contributed by atoms with Gasteiger partial charge in [0.2, 0.25) is 0 Å². The van der Waals surface area contributed by atoms with Crippen molar-refractivity contribution in [2.45, 2.75) is 44.1 Å². The van der Waals surface area contributed by atoms with Crippen LogP contribution < -0.4 is 11.1 Å². The SMILES string of the molecule is N[C@@H](Cc1ccccc1)[C@@H](O)C[C@H](Cc1ccccc1)NC(=O)OCc1cccnc1. The van der Waals surface area contributed by atoms with Crippen LogP contribution in [0.25, 0.3) is 0 Å². The van der Waals surface area contributed by atoms with Gasteiger partial charge in [0, 0.05) is 30.0 Å². The number of benzene rings is 2. The van der Waals surface area contributed by atoms with Crippen molar-refractivity contribution in [2.24, 2.45) is 5.73 Å². The molecular weight excluding hydrogens is 390 g/mol. The number of rotatable bonds is 10. The second kappa shape index (κ2) is 11.8. The topological polar surface area (TPSA) is 97.5 Å². The predicted molar refractivity (Wildman–Crippen MR) is 120 cm³/mol. The molecule has 1 aromatic heterocycles. The van der Waals surface area contributed by atoms with E-state index >= 15 is 0 Å². The predicted octanol–water partition coefficient (Wildman–Crippen LogP) is 3.24. The van der Waals surface area contributed by atoms with E-state index < -0.39 is 18.2 Å². The van der Waals surface area contributed by atoms with Gasteiger partial charge in [0.1, 0.15) is 6.61 Å². The summed E-state index contributed by atoms with van der Waals surface area (Å²) in [5.41, 5.74) is 9.19. The van der Waals surface area contributed by atoms with Crippen molar-refractivity contribution in [3.8, 4) is 0 Å². The number of alkyl carbamates (subject to hydrolysis) is 1. The summed E-state index contributed by atoms with van der Waals surface area (Å²) in [5, 5.41) is 13.6. The molecule has 6 nitrogen and oxygen atoms in total. The zero-order valence-electron chi connectivity index (χ0n) is 17.4. The molecule has 0 bridgehead atoms. The summed E-state index contributed by atoms with van der Waals surface area (Å²) in [6.07, 6.45) is 3.47. The number of hydrogen-bond donors (Lipinski definition) is 3. The molecule has 2 aromatic carbocycles. The minimum atomic E-state index is -0.771. The van der Waals surface area contributed by atoms with Crippen LogP contribution in [-0.4, -0.2) is 34.4 Å². The smallest absolute Gasteiger partial charge is 0.407 e. The Morgan fingerprint density at radius 2 is 1.55 bits per heavy atom. The number of aromatic nitrogens is 1. The van der Waals surface area contributed by atoms with E-state index in [1.165, 1.54) is 0 Å². The Morgan fingerprint density at radius 3 is 2.16 bits per heavy atom. The van der Waals surface area contributed by atoms with Crippen LogP contribution in [0.2, 0.25) is 0 Å². The number of nitrogens with zero attached hydrogens (tertiary/aromatic N) is 1. The maximum absolute atomic E-state index is 12.4. The molecule has 0 radical (unpaired) electrons. The second-order valence-corrected chi connectivity index (χ2v) is 7.63. The third kappa shape index (κ3) is 7.85. The monoisotopic (exact) mass is 419 g/mol. The van der Waals surface area contributed by atoms with E-state index in [0.29, 0.717) is 19.3 Å². The van der Waals surface area contributed by atoms with Crippen molar-refractivity contribution in [3.05, 3.63) is 102 Å². The molecule has 0 saturated heterocycles. The first kappa shape index (κ1) is 22.5. The third-order valence-electron chi connectivity index (χ3n) is 5.07. The van der Waals surface area contributed by atoms with Crippen LogP contribution in [0.3, 0.4) is 0 Å². The fourth-order valence-electron chi connectivity index (χ4n) is 3.42. The third-order valence-corrected chi connectivity index (χ3v) is 5.07. The van der Waals surface area contributed by atoms with Crippen molar-refractivity contribution in [3.63, 3.8) is 0 Å². The van der Waals surface area contributed by atoms with Gasteiger partial charge in [-0.05, 0) is 36.5 Å². The molecular formula is C25H29N3O3. The first-order valence-electron chi connectivity index (χ1n) is 10.4. The van der Waals surface area contributed by atoms with Gasteiger partial charge in [-0.3, -0.25) is 4.98 Å². The Morgan fingerprint density at radius 1 is 0.935 bits per heavy atom. The number of nitrogens with one attached hydrogen (secondary N) is 1. The highest BCUT2D eigenvalue weighted by molar-refractivity contribution is 5.67. The van der Waals surface area contributed by atoms with Crippen LogP contribution in [0.4, 0.5) is 4.79 Å². The van der Waals surface area contributed by atoms with E-state index in [1.54, 1.807) is 18.5 Å². The molecule has 0 aliphatic rings. The molecule has 31 heavy (non-hydrogen) atoms. The number of amides is 1. The lowest BCUT2D eigenvalue weighted by molar-refractivity contribution is 0.109. The molecule has 162 valence electrons. The number of hydrogen-bond acceptors (Lipinski definition) is 5. The van der Waals surface area contributed by atoms with Crippen molar-refractivity contribution >= 4 is 6.09 Å². The van der Waals surface area contributed by atoms with Crippen LogP contribution in [0, 0.1) is 0 Å². The Hall–Kier alpha value is -3.22. The summed E-state index contributed by atoms with van der Waals surface area (Å²) in [6, 6.07) is 22.5. The number of carbonyl (C=O) groups excluding carboxylic acids is 1. The maximum Gasteiger partial charge on any atom is 0.407 e. The van der Waals surface area contributed by atoms with Gasteiger partial charge in [0.15, 0.2) is 0 Å². The van der Waals surface area contributed by atoms with Crippen molar-refractivity contribution in [2.75, 3.05) is 0 Å². The number of nitrogens with two attached hydrogens (primary N) is 1. The molecule has 0 spiro atoms. The van der Waals surface area contributed by atoms with Crippen molar-refractivity contribution < 1.29 is 14.6 Å². The number of aliphatic hydroxyl groups is 1. The number of aliphatic hydroxyl groups excluding tert-OH is 1. The van der Waals surface area contributed by atoms with Crippen LogP contribution in [0.5, 0.6) is 0 Å².